The van der Waals surface area contributed by atoms with Crippen molar-refractivity contribution in [3.63, 3.8) is 0 Å². The van der Waals surface area contributed by atoms with Gasteiger partial charge in [0, 0.05) is 28.0 Å². The molecule has 0 saturated carbocycles. The summed E-state index contributed by atoms with van der Waals surface area (Å²) in [6.07, 6.45) is 8.18. The molecule has 3 heteroatoms. The van der Waals surface area contributed by atoms with Gasteiger partial charge in [-0.25, -0.2) is 0 Å². The van der Waals surface area contributed by atoms with Gasteiger partial charge in [0.1, 0.15) is 0 Å². The Bertz CT molecular complexity index is 2150. The molecule has 0 bridgehead atoms. The second-order valence-electron chi connectivity index (χ2n) is 11.5. The van der Waals surface area contributed by atoms with Crippen LogP contribution in [0.2, 0.25) is 0 Å². The minimum Gasteiger partial charge on any atom is -0.355 e. The van der Waals surface area contributed by atoms with E-state index in [4.69, 9.17) is 0 Å². The van der Waals surface area contributed by atoms with Crippen molar-refractivity contribution in [1.29, 1.82) is 0 Å². The SMILES string of the molecule is C=Cc1cc2cc3c(C=C)c(/C=C\C)n(-c4ccc(B(c5ccccc5)c5ccccc5)cc4)c3cc2cc1Nc1ccccc1. The zero-order chi connectivity index (χ0) is 31.5. The van der Waals surface area contributed by atoms with E-state index in [0.29, 0.717) is 0 Å². The molecule has 0 aliphatic carbocycles. The van der Waals surface area contributed by atoms with Crippen LogP contribution < -0.4 is 21.7 Å². The molecule has 1 heterocycles. The zero-order valence-electron chi connectivity index (χ0n) is 26.0. The summed E-state index contributed by atoms with van der Waals surface area (Å²) >= 11 is 0. The van der Waals surface area contributed by atoms with Crippen LogP contribution in [0.4, 0.5) is 11.4 Å². The second kappa shape index (κ2) is 12.7. The van der Waals surface area contributed by atoms with Crippen molar-refractivity contribution in [3.8, 4) is 5.69 Å². The van der Waals surface area contributed by atoms with Gasteiger partial charge in [-0.05, 0) is 77.9 Å². The molecule has 6 aromatic carbocycles. The molecule has 1 N–H and O–H groups in total. The minimum atomic E-state index is 0.148. The molecule has 7 rings (SSSR count). The lowest BCUT2D eigenvalue weighted by Crippen LogP contribution is -2.51. The fraction of sp³-hybridized carbons (Fsp3) is 0.0233. The van der Waals surface area contributed by atoms with Gasteiger partial charge in [-0.1, -0.05) is 139 Å². The van der Waals surface area contributed by atoms with E-state index in [0.717, 1.165) is 50.2 Å². The highest BCUT2D eigenvalue weighted by Gasteiger charge is 2.22. The number of anilines is 2. The van der Waals surface area contributed by atoms with Gasteiger partial charge >= 0.3 is 0 Å². The van der Waals surface area contributed by atoms with Crippen LogP contribution in [-0.2, 0) is 0 Å². The van der Waals surface area contributed by atoms with E-state index in [9.17, 15) is 0 Å². The number of para-hydroxylation sites is 1. The van der Waals surface area contributed by atoms with E-state index in [1.54, 1.807) is 0 Å². The van der Waals surface area contributed by atoms with Gasteiger partial charge < -0.3 is 9.88 Å². The summed E-state index contributed by atoms with van der Waals surface area (Å²) < 4.78 is 2.36. The van der Waals surface area contributed by atoms with Crippen molar-refractivity contribution in [1.82, 2.24) is 4.57 Å². The summed E-state index contributed by atoms with van der Waals surface area (Å²) in [4.78, 5) is 0. The molecule has 7 aromatic rings. The van der Waals surface area contributed by atoms with Crippen LogP contribution in [0.25, 0.3) is 45.6 Å². The molecule has 46 heavy (non-hydrogen) atoms. The zero-order valence-corrected chi connectivity index (χ0v) is 26.0. The summed E-state index contributed by atoms with van der Waals surface area (Å²) in [5.41, 5.74) is 11.4. The number of hydrogen-bond acceptors (Lipinski definition) is 1. The smallest absolute Gasteiger partial charge is 0.241 e. The van der Waals surface area contributed by atoms with Crippen LogP contribution in [0.1, 0.15) is 23.7 Å². The molecule has 0 amide bonds. The van der Waals surface area contributed by atoms with Crippen molar-refractivity contribution in [2.24, 2.45) is 0 Å². The quantitative estimate of drug-likeness (QED) is 0.166. The Morgan fingerprint density at radius 1 is 0.630 bits per heavy atom. The Balaban J connectivity index is 1.39. The molecule has 0 saturated heterocycles. The van der Waals surface area contributed by atoms with Crippen molar-refractivity contribution in [2.75, 3.05) is 5.32 Å². The topological polar surface area (TPSA) is 17.0 Å². The monoisotopic (exact) mass is 590 g/mol. The number of benzene rings is 6. The Hall–Kier alpha value is -5.80. The number of nitrogens with one attached hydrogen (secondary N) is 1. The fourth-order valence-corrected chi connectivity index (χ4v) is 6.60. The number of nitrogens with zero attached hydrogens (tertiary/aromatic N) is 1. The van der Waals surface area contributed by atoms with Crippen LogP contribution in [0, 0.1) is 0 Å². The van der Waals surface area contributed by atoms with E-state index in [-0.39, 0.29) is 6.71 Å². The first kappa shape index (κ1) is 28.9. The molecule has 0 aliphatic heterocycles. The van der Waals surface area contributed by atoms with Gasteiger partial charge in [0.15, 0.2) is 0 Å². The molecule has 0 unspecified atom stereocenters. The molecule has 0 spiro atoms. The van der Waals surface area contributed by atoms with Crippen LogP contribution in [0.3, 0.4) is 0 Å². The third-order valence-corrected chi connectivity index (χ3v) is 8.72. The van der Waals surface area contributed by atoms with Gasteiger partial charge in [-0.15, -0.1) is 0 Å². The molecule has 0 fully saturated rings. The average Bonchev–Trinajstić information content (AvgIpc) is 3.40. The van der Waals surface area contributed by atoms with Gasteiger partial charge in [-0.2, -0.15) is 0 Å². The first-order chi connectivity index (χ1) is 22.7. The maximum atomic E-state index is 4.24. The summed E-state index contributed by atoms with van der Waals surface area (Å²) in [6.45, 7) is 10.6. The van der Waals surface area contributed by atoms with Crippen molar-refractivity contribution in [3.05, 3.63) is 176 Å². The van der Waals surface area contributed by atoms with Gasteiger partial charge in [-0.3, -0.25) is 0 Å². The molecule has 0 aliphatic rings. The van der Waals surface area contributed by atoms with Crippen molar-refractivity contribution < 1.29 is 0 Å². The molecule has 1 aromatic heterocycles. The molecular weight excluding hydrogens is 555 g/mol. The Labute approximate surface area is 271 Å². The third kappa shape index (κ3) is 5.37. The summed E-state index contributed by atoms with van der Waals surface area (Å²) in [5, 5.41) is 7.09. The maximum Gasteiger partial charge on any atom is 0.241 e. The van der Waals surface area contributed by atoms with E-state index >= 15 is 0 Å². The standard InChI is InChI=1S/C43H35BN2/c1-4-16-42-39(6-3)40-28-32-27-31(5-2)41(45-37-21-14-9-15-22-37)29-33(32)30-43(40)46(42)38-25-23-36(24-26-38)44(34-17-10-7-11-18-34)35-19-12-8-13-20-35/h4-30,45H,2-3H2,1H3/b16-4-. The van der Waals surface area contributed by atoms with Crippen molar-refractivity contribution >= 4 is 74.4 Å². The highest BCUT2D eigenvalue weighted by Crippen LogP contribution is 2.36. The lowest BCUT2D eigenvalue weighted by atomic mass is 9.37. The average molecular weight is 591 g/mol. The van der Waals surface area contributed by atoms with Gasteiger partial charge in [0.2, 0.25) is 6.71 Å². The summed E-state index contributed by atoms with van der Waals surface area (Å²) in [6, 6.07) is 49.9. The van der Waals surface area contributed by atoms with Crippen LogP contribution >= 0.6 is 0 Å². The predicted octanol–water partition coefficient (Wildman–Crippen LogP) is 9.36. The number of hydrogen-bond donors (Lipinski definition) is 1. The van der Waals surface area contributed by atoms with Crippen molar-refractivity contribution in [2.45, 2.75) is 6.92 Å². The van der Waals surface area contributed by atoms with Gasteiger partial charge in [0.25, 0.3) is 0 Å². The largest absolute Gasteiger partial charge is 0.355 e. The molecule has 0 atom stereocenters. The van der Waals surface area contributed by atoms with Crippen LogP contribution in [0.15, 0.2) is 159 Å². The van der Waals surface area contributed by atoms with E-state index in [1.807, 2.05) is 30.4 Å². The Kier molecular flexibility index (Phi) is 7.97. The number of rotatable bonds is 9. The minimum absolute atomic E-state index is 0.148. The highest BCUT2D eigenvalue weighted by molar-refractivity contribution is 6.95. The normalized spacial score (nSPS) is 11.2. The number of aromatic nitrogens is 1. The van der Waals surface area contributed by atoms with E-state index in [2.05, 4.69) is 163 Å². The Morgan fingerprint density at radius 3 is 1.80 bits per heavy atom. The number of fused-ring (bicyclic) bond motifs is 2. The number of allylic oxidation sites excluding steroid dienone is 1. The third-order valence-electron chi connectivity index (χ3n) is 8.72. The van der Waals surface area contributed by atoms with Gasteiger partial charge in [0.05, 0.1) is 11.2 Å². The molecule has 2 nitrogen and oxygen atoms in total. The molecular formula is C43H35BN2. The molecule has 0 radical (unpaired) electrons. The lowest BCUT2D eigenvalue weighted by Gasteiger charge is -2.17. The van der Waals surface area contributed by atoms with Crippen LogP contribution in [-0.4, -0.2) is 11.3 Å². The highest BCUT2D eigenvalue weighted by atomic mass is 15.0. The maximum absolute atomic E-state index is 4.24. The summed E-state index contributed by atoms with van der Waals surface area (Å²) in [5.74, 6) is 0. The predicted molar refractivity (Wildman–Crippen MR) is 203 cm³/mol. The first-order valence-corrected chi connectivity index (χ1v) is 15.7. The summed E-state index contributed by atoms with van der Waals surface area (Å²) in [7, 11) is 0. The lowest BCUT2D eigenvalue weighted by molar-refractivity contribution is 1.11. The fourth-order valence-electron chi connectivity index (χ4n) is 6.60. The Morgan fingerprint density at radius 2 is 1.22 bits per heavy atom. The molecule has 220 valence electrons. The van der Waals surface area contributed by atoms with E-state index in [1.165, 1.54) is 21.8 Å². The first-order valence-electron chi connectivity index (χ1n) is 15.7. The van der Waals surface area contributed by atoms with Crippen LogP contribution in [0.5, 0.6) is 0 Å². The second-order valence-corrected chi connectivity index (χ2v) is 11.5. The van der Waals surface area contributed by atoms with E-state index < -0.39 is 0 Å².